The smallest absolute Gasteiger partial charge is 0.238 e. The van der Waals surface area contributed by atoms with E-state index in [4.69, 9.17) is 5.73 Å². The largest absolute Gasteiger partial charge is 0.399 e. The third kappa shape index (κ3) is 3.53. The molecule has 1 aliphatic carbocycles. The van der Waals surface area contributed by atoms with Gasteiger partial charge in [-0.25, -0.2) is 0 Å². The first-order valence-corrected chi connectivity index (χ1v) is 9.24. The number of thioether (sulfide) groups is 1. The highest BCUT2D eigenvalue weighted by molar-refractivity contribution is 7.99. The van der Waals surface area contributed by atoms with Gasteiger partial charge in [0.15, 0.2) is 0 Å². The molecule has 4 heteroatoms. The number of nitrogens with one attached hydrogen (secondary N) is 1. The first-order chi connectivity index (χ1) is 11.2. The van der Waals surface area contributed by atoms with Gasteiger partial charge in [-0.3, -0.25) is 4.79 Å². The molecule has 3 nitrogen and oxygen atoms in total. The number of carbonyl (C=O) groups is 1. The van der Waals surface area contributed by atoms with Crippen LogP contribution in [0.5, 0.6) is 0 Å². The van der Waals surface area contributed by atoms with E-state index in [1.807, 2.05) is 48.7 Å². The molecule has 2 unspecified atom stereocenters. The zero-order valence-electron chi connectivity index (χ0n) is 13.3. The third-order valence-electron chi connectivity index (χ3n) is 4.37. The maximum atomic E-state index is 12.8. The van der Waals surface area contributed by atoms with Crippen LogP contribution in [0.15, 0.2) is 48.5 Å². The molecule has 0 spiro atoms. The lowest BCUT2D eigenvalue weighted by molar-refractivity contribution is -0.121. The lowest BCUT2D eigenvalue weighted by Gasteiger charge is -2.28. The third-order valence-corrected chi connectivity index (χ3v) is 5.33. The number of hydrogen-bond donors (Lipinski definition) is 2. The molecule has 0 aromatic heterocycles. The molecular weight excluding hydrogens is 304 g/mol. The van der Waals surface area contributed by atoms with Gasteiger partial charge in [0.1, 0.15) is 5.25 Å². The number of anilines is 1. The van der Waals surface area contributed by atoms with Crippen LogP contribution < -0.4 is 11.1 Å². The maximum absolute atomic E-state index is 12.8. The van der Waals surface area contributed by atoms with Crippen molar-refractivity contribution in [1.29, 1.82) is 0 Å². The summed E-state index contributed by atoms with van der Waals surface area (Å²) in [7, 11) is 0. The normalized spacial score (nSPS) is 18.0. The predicted octanol–water partition coefficient (Wildman–Crippen LogP) is 3.87. The second-order valence-electron chi connectivity index (χ2n) is 5.94. The zero-order valence-corrected chi connectivity index (χ0v) is 14.1. The van der Waals surface area contributed by atoms with E-state index in [9.17, 15) is 4.79 Å². The number of aryl methyl sites for hydroxylation is 1. The minimum absolute atomic E-state index is 0.0818. The average Bonchev–Trinajstić information content (AvgIpc) is 2.56. The van der Waals surface area contributed by atoms with E-state index in [1.54, 1.807) is 11.8 Å². The Morgan fingerprint density at radius 2 is 2.04 bits per heavy atom. The van der Waals surface area contributed by atoms with Crippen LogP contribution in [0, 0.1) is 0 Å². The van der Waals surface area contributed by atoms with Gasteiger partial charge in [-0.15, -0.1) is 11.8 Å². The van der Waals surface area contributed by atoms with Gasteiger partial charge >= 0.3 is 0 Å². The Morgan fingerprint density at radius 1 is 1.26 bits per heavy atom. The number of hydrogen-bond acceptors (Lipinski definition) is 3. The Balaban J connectivity index is 1.78. The number of nitrogen functional groups attached to an aromatic ring is 1. The van der Waals surface area contributed by atoms with Crippen LogP contribution in [-0.4, -0.2) is 12.2 Å². The van der Waals surface area contributed by atoms with Crippen molar-refractivity contribution in [2.75, 3.05) is 12.0 Å². The maximum Gasteiger partial charge on any atom is 0.238 e. The highest BCUT2D eigenvalue weighted by Gasteiger charge is 2.26. The zero-order chi connectivity index (χ0) is 16.2. The van der Waals surface area contributed by atoms with E-state index in [-0.39, 0.29) is 17.2 Å². The molecular formula is C19H22N2OS. The van der Waals surface area contributed by atoms with Crippen molar-refractivity contribution in [3.8, 4) is 0 Å². The second kappa shape index (κ2) is 7.09. The minimum atomic E-state index is -0.171. The summed E-state index contributed by atoms with van der Waals surface area (Å²) in [4.78, 5) is 12.8. The number of fused-ring (bicyclic) bond motifs is 1. The van der Waals surface area contributed by atoms with E-state index >= 15 is 0 Å². The van der Waals surface area contributed by atoms with Crippen LogP contribution in [0.1, 0.15) is 40.8 Å². The fourth-order valence-corrected chi connectivity index (χ4v) is 3.97. The highest BCUT2D eigenvalue weighted by atomic mass is 32.2. The Labute approximate surface area is 141 Å². The van der Waals surface area contributed by atoms with Gasteiger partial charge in [-0.1, -0.05) is 36.4 Å². The first-order valence-electron chi connectivity index (χ1n) is 7.95. The SMILES string of the molecule is CSC(C(=O)NC1CCCc2cc(N)ccc21)c1ccccc1. The number of amides is 1. The Hall–Kier alpha value is -1.94. The molecule has 0 aliphatic heterocycles. The van der Waals surface area contributed by atoms with Crippen molar-refractivity contribution < 1.29 is 4.79 Å². The van der Waals surface area contributed by atoms with Crippen molar-refractivity contribution >= 4 is 23.4 Å². The molecule has 2 atom stereocenters. The molecule has 0 saturated carbocycles. The number of rotatable bonds is 4. The lowest BCUT2D eigenvalue weighted by atomic mass is 9.87. The van der Waals surface area contributed by atoms with E-state index < -0.39 is 0 Å². The quantitative estimate of drug-likeness (QED) is 0.839. The van der Waals surface area contributed by atoms with Gasteiger partial charge in [0.25, 0.3) is 0 Å². The molecule has 1 amide bonds. The first kappa shape index (κ1) is 15.9. The van der Waals surface area contributed by atoms with Crippen LogP contribution in [0.2, 0.25) is 0 Å². The summed E-state index contributed by atoms with van der Waals surface area (Å²) >= 11 is 1.57. The van der Waals surface area contributed by atoms with E-state index in [0.717, 1.165) is 30.5 Å². The number of nitrogens with two attached hydrogens (primary N) is 1. The van der Waals surface area contributed by atoms with Crippen molar-refractivity contribution in [3.05, 3.63) is 65.2 Å². The molecule has 3 N–H and O–H groups in total. The monoisotopic (exact) mass is 326 g/mol. The molecule has 0 saturated heterocycles. The summed E-state index contributed by atoms with van der Waals surface area (Å²) in [6.45, 7) is 0. The Kier molecular flexibility index (Phi) is 4.91. The summed E-state index contributed by atoms with van der Waals surface area (Å²) in [5, 5.41) is 3.07. The van der Waals surface area contributed by atoms with Gasteiger partial charge in [0, 0.05) is 5.69 Å². The Morgan fingerprint density at radius 3 is 2.78 bits per heavy atom. The molecule has 2 aromatic rings. The van der Waals surface area contributed by atoms with Crippen molar-refractivity contribution in [1.82, 2.24) is 5.32 Å². The number of carbonyl (C=O) groups excluding carboxylic acids is 1. The molecule has 1 aliphatic rings. The van der Waals surface area contributed by atoms with E-state index in [2.05, 4.69) is 11.4 Å². The van der Waals surface area contributed by atoms with Crippen LogP contribution >= 0.6 is 11.8 Å². The molecule has 2 aromatic carbocycles. The molecule has 120 valence electrons. The highest BCUT2D eigenvalue weighted by Crippen LogP contribution is 2.33. The summed E-state index contributed by atoms with van der Waals surface area (Å²) < 4.78 is 0. The van der Waals surface area contributed by atoms with Crippen molar-refractivity contribution in [2.45, 2.75) is 30.6 Å². The molecule has 0 fully saturated rings. The molecule has 0 bridgehead atoms. The fourth-order valence-electron chi connectivity index (χ4n) is 3.25. The van der Waals surface area contributed by atoms with Gasteiger partial charge in [-0.05, 0) is 54.3 Å². The van der Waals surface area contributed by atoms with Crippen LogP contribution in [0.25, 0.3) is 0 Å². The Bertz CT molecular complexity index is 687. The molecule has 3 rings (SSSR count). The minimum Gasteiger partial charge on any atom is -0.399 e. The van der Waals surface area contributed by atoms with Crippen LogP contribution in [-0.2, 0) is 11.2 Å². The lowest BCUT2D eigenvalue weighted by Crippen LogP contribution is -2.33. The second-order valence-corrected chi connectivity index (χ2v) is 6.88. The fraction of sp³-hybridized carbons (Fsp3) is 0.316. The van der Waals surface area contributed by atoms with Gasteiger partial charge in [-0.2, -0.15) is 0 Å². The average molecular weight is 326 g/mol. The van der Waals surface area contributed by atoms with E-state index in [0.29, 0.717) is 0 Å². The summed E-state index contributed by atoms with van der Waals surface area (Å²) in [5.74, 6) is 0.0818. The summed E-state index contributed by atoms with van der Waals surface area (Å²) in [5.41, 5.74) is 10.2. The molecule has 23 heavy (non-hydrogen) atoms. The van der Waals surface area contributed by atoms with Crippen LogP contribution in [0.4, 0.5) is 5.69 Å². The standard InChI is InChI=1S/C19H22N2OS/c1-23-18(13-6-3-2-4-7-13)19(22)21-17-9-5-8-14-12-15(20)10-11-16(14)17/h2-4,6-7,10-12,17-18H,5,8-9,20H2,1H3,(H,21,22). The van der Waals surface area contributed by atoms with E-state index in [1.165, 1.54) is 11.1 Å². The van der Waals surface area contributed by atoms with Crippen LogP contribution in [0.3, 0.4) is 0 Å². The molecule has 0 radical (unpaired) electrons. The van der Waals surface area contributed by atoms with Gasteiger partial charge < -0.3 is 11.1 Å². The summed E-state index contributed by atoms with van der Waals surface area (Å²) in [6, 6.07) is 16.1. The van der Waals surface area contributed by atoms with Crippen molar-refractivity contribution in [3.63, 3.8) is 0 Å². The summed E-state index contributed by atoms with van der Waals surface area (Å²) in [6.07, 6.45) is 5.08. The number of benzene rings is 2. The van der Waals surface area contributed by atoms with Crippen molar-refractivity contribution in [2.24, 2.45) is 0 Å². The topological polar surface area (TPSA) is 55.1 Å². The van der Waals surface area contributed by atoms with Gasteiger partial charge in [0.2, 0.25) is 5.91 Å². The predicted molar refractivity (Wildman–Crippen MR) is 97.4 cm³/mol. The molecule has 0 heterocycles. The van der Waals surface area contributed by atoms with Gasteiger partial charge in [0.05, 0.1) is 6.04 Å².